The van der Waals surface area contributed by atoms with Crippen LogP contribution in [0.4, 0.5) is 4.39 Å². The molecule has 5 aliphatic heterocycles. The summed E-state index contributed by atoms with van der Waals surface area (Å²) in [6, 6.07) is -0.360. The van der Waals surface area contributed by atoms with Crippen molar-refractivity contribution in [2.24, 2.45) is 0 Å². The van der Waals surface area contributed by atoms with Crippen LogP contribution < -0.4 is 21.4 Å². The second-order valence-corrected chi connectivity index (χ2v) is 8.31. The smallest absolute Gasteiger partial charge is 0.245 e. The number of fused-ring (bicyclic) bond motifs is 1. The Hall–Kier alpha value is -1.82. The van der Waals surface area contributed by atoms with Crippen molar-refractivity contribution in [1.29, 1.82) is 0 Å². The maximum absolute atomic E-state index is 13.6. The lowest BCUT2D eigenvalue weighted by Gasteiger charge is -2.38. The summed E-state index contributed by atoms with van der Waals surface area (Å²) in [7, 11) is 0. The van der Waals surface area contributed by atoms with Gasteiger partial charge in [-0.2, -0.15) is 0 Å². The molecular formula is C20H30FN7O2. The van der Waals surface area contributed by atoms with E-state index in [-0.39, 0.29) is 30.4 Å². The third-order valence-corrected chi connectivity index (χ3v) is 6.33. The maximum atomic E-state index is 13.6. The molecule has 0 saturated carbocycles. The number of hydrogen-bond acceptors (Lipinski definition) is 8. The van der Waals surface area contributed by atoms with Gasteiger partial charge in [0.15, 0.2) is 0 Å². The number of hydrazine groups is 1. The zero-order chi connectivity index (χ0) is 20.5. The molecule has 4 N–H and O–H groups in total. The normalized spacial score (nSPS) is 37.6. The Morgan fingerprint density at radius 2 is 1.93 bits per heavy atom. The molecule has 0 bridgehead atoms. The SMILES string of the molecule is O=C(NC1=CC=CC(N2CCOCC2)N1)C1CNC2C=CC(N3CC[C@@H](F)C3)NN21. The van der Waals surface area contributed by atoms with E-state index >= 15 is 0 Å². The molecule has 1 amide bonds. The molecule has 0 aromatic carbocycles. The van der Waals surface area contributed by atoms with Crippen molar-refractivity contribution < 1.29 is 13.9 Å². The number of rotatable bonds is 4. The van der Waals surface area contributed by atoms with Gasteiger partial charge in [-0.05, 0) is 18.6 Å². The molecule has 30 heavy (non-hydrogen) atoms. The minimum absolute atomic E-state index is 0.0462. The molecule has 0 spiro atoms. The summed E-state index contributed by atoms with van der Waals surface area (Å²) < 4.78 is 19.0. The van der Waals surface area contributed by atoms with E-state index in [1.54, 1.807) is 0 Å². The first-order valence-electron chi connectivity index (χ1n) is 10.8. The van der Waals surface area contributed by atoms with Crippen LogP contribution in [0, 0.1) is 0 Å². The number of alkyl halides is 1. The Labute approximate surface area is 175 Å². The van der Waals surface area contributed by atoms with Gasteiger partial charge < -0.3 is 15.4 Å². The van der Waals surface area contributed by atoms with E-state index in [1.807, 2.05) is 17.2 Å². The Balaban J connectivity index is 1.19. The van der Waals surface area contributed by atoms with Crippen molar-refractivity contribution in [1.82, 2.24) is 36.2 Å². The van der Waals surface area contributed by atoms with Gasteiger partial charge in [-0.25, -0.2) is 14.8 Å². The van der Waals surface area contributed by atoms with Crippen molar-refractivity contribution >= 4 is 5.91 Å². The number of nitrogens with zero attached hydrogens (tertiary/aromatic N) is 3. The number of halogens is 1. The molecule has 4 unspecified atom stereocenters. The van der Waals surface area contributed by atoms with Crippen molar-refractivity contribution in [3.63, 3.8) is 0 Å². The molecular weight excluding hydrogens is 389 g/mol. The molecule has 0 aromatic heterocycles. The molecule has 164 valence electrons. The highest BCUT2D eigenvalue weighted by atomic mass is 19.1. The van der Waals surface area contributed by atoms with Crippen LogP contribution in [0.1, 0.15) is 6.42 Å². The topological polar surface area (TPSA) is 84.1 Å². The molecule has 10 heteroatoms. The average molecular weight is 420 g/mol. The second-order valence-electron chi connectivity index (χ2n) is 8.31. The van der Waals surface area contributed by atoms with Crippen LogP contribution in [0.2, 0.25) is 0 Å². The third-order valence-electron chi connectivity index (χ3n) is 6.33. The van der Waals surface area contributed by atoms with Crippen LogP contribution in [0.25, 0.3) is 0 Å². The van der Waals surface area contributed by atoms with Gasteiger partial charge in [-0.15, -0.1) is 0 Å². The fourth-order valence-corrected chi connectivity index (χ4v) is 4.65. The monoisotopic (exact) mass is 419 g/mol. The highest BCUT2D eigenvalue weighted by Gasteiger charge is 2.41. The van der Waals surface area contributed by atoms with Gasteiger partial charge in [-0.3, -0.25) is 19.9 Å². The first-order valence-corrected chi connectivity index (χ1v) is 10.8. The first-order chi connectivity index (χ1) is 14.7. The van der Waals surface area contributed by atoms with E-state index < -0.39 is 6.17 Å². The van der Waals surface area contributed by atoms with Gasteiger partial charge >= 0.3 is 0 Å². The number of likely N-dealkylation sites (tertiary alicyclic amines) is 1. The van der Waals surface area contributed by atoms with Gasteiger partial charge in [0.2, 0.25) is 5.91 Å². The predicted octanol–water partition coefficient (Wildman–Crippen LogP) is -1.19. The standard InChI is InChI=1S/C20H30FN7O2/c21-14-6-7-27(13-14)19-5-4-17-22-12-15(28(17)25-19)20(29)24-16-2-1-3-18(23-16)26-8-10-30-11-9-26/h1-5,14-15,17-19,22-23,25H,6-13H2,(H,24,29)/t14-,15?,17?,18?,19?/m1/s1. The number of allylic oxidation sites excluding steroid dienone is 2. The summed E-state index contributed by atoms with van der Waals surface area (Å²) in [5.74, 6) is 0.623. The van der Waals surface area contributed by atoms with E-state index in [1.165, 1.54) is 0 Å². The van der Waals surface area contributed by atoms with Crippen molar-refractivity contribution in [2.45, 2.75) is 37.1 Å². The van der Waals surface area contributed by atoms with E-state index in [0.717, 1.165) is 32.8 Å². The lowest BCUT2D eigenvalue weighted by Crippen LogP contribution is -2.61. The maximum Gasteiger partial charge on any atom is 0.245 e. The highest BCUT2D eigenvalue weighted by Crippen LogP contribution is 2.21. The van der Waals surface area contributed by atoms with Gasteiger partial charge in [0.1, 0.15) is 24.2 Å². The molecule has 0 radical (unpaired) electrons. The summed E-state index contributed by atoms with van der Waals surface area (Å²) in [5.41, 5.74) is 3.41. The van der Waals surface area contributed by atoms with E-state index in [9.17, 15) is 9.18 Å². The van der Waals surface area contributed by atoms with Crippen molar-refractivity contribution in [3.05, 3.63) is 36.2 Å². The zero-order valence-electron chi connectivity index (χ0n) is 17.0. The number of amides is 1. The van der Waals surface area contributed by atoms with E-state index in [4.69, 9.17) is 4.74 Å². The highest BCUT2D eigenvalue weighted by molar-refractivity contribution is 5.84. The van der Waals surface area contributed by atoms with Crippen LogP contribution in [0.5, 0.6) is 0 Å². The van der Waals surface area contributed by atoms with Gasteiger partial charge in [0.25, 0.3) is 0 Å². The first kappa shape index (κ1) is 20.1. The Bertz CT molecular complexity index is 739. The van der Waals surface area contributed by atoms with Crippen LogP contribution in [0.3, 0.4) is 0 Å². The second kappa shape index (κ2) is 8.74. The summed E-state index contributed by atoms with van der Waals surface area (Å²) >= 11 is 0. The molecule has 0 aliphatic carbocycles. The van der Waals surface area contributed by atoms with Gasteiger partial charge in [0.05, 0.1) is 25.5 Å². The summed E-state index contributed by atoms with van der Waals surface area (Å²) in [6.07, 6.45) is 9.75. The van der Waals surface area contributed by atoms with E-state index in [2.05, 4.69) is 49.4 Å². The summed E-state index contributed by atoms with van der Waals surface area (Å²) in [4.78, 5) is 17.4. The molecule has 3 saturated heterocycles. The number of morpholine rings is 1. The average Bonchev–Trinajstić information content (AvgIpc) is 3.40. The predicted molar refractivity (Wildman–Crippen MR) is 109 cm³/mol. The summed E-state index contributed by atoms with van der Waals surface area (Å²) in [5, 5.41) is 11.7. The number of carbonyl (C=O) groups is 1. The quantitative estimate of drug-likeness (QED) is 0.424. The van der Waals surface area contributed by atoms with Crippen LogP contribution >= 0.6 is 0 Å². The van der Waals surface area contributed by atoms with Gasteiger partial charge in [0, 0.05) is 32.7 Å². The molecule has 5 heterocycles. The van der Waals surface area contributed by atoms with Crippen molar-refractivity contribution in [2.75, 3.05) is 45.9 Å². The fourth-order valence-electron chi connectivity index (χ4n) is 4.65. The van der Waals surface area contributed by atoms with Crippen LogP contribution in [0.15, 0.2) is 36.2 Å². The minimum Gasteiger partial charge on any atom is -0.379 e. The Morgan fingerprint density at radius 1 is 1.10 bits per heavy atom. The molecule has 5 atom stereocenters. The largest absolute Gasteiger partial charge is 0.379 e. The lowest BCUT2D eigenvalue weighted by molar-refractivity contribution is -0.126. The number of dihydropyridines is 1. The number of ether oxygens (including phenoxy) is 1. The van der Waals surface area contributed by atoms with Crippen molar-refractivity contribution in [3.8, 4) is 0 Å². The minimum atomic E-state index is -0.773. The Kier molecular flexibility index (Phi) is 5.85. The number of hydrogen-bond donors (Lipinski definition) is 4. The summed E-state index contributed by atoms with van der Waals surface area (Å²) in [6.45, 7) is 4.86. The third kappa shape index (κ3) is 4.16. The lowest BCUT2D eigenvalue weighted by atomic mass is 10.2. The fraction of sp³-hybridized carbons (Fsp3) is 0.650. The molecule has 0 aromatic rings. The van der Waals surface area contributed by atoms with Crippen LogP contribution in [-0.2, 0) is 9.53 Å². The molecule has 9 nitrogen and oxygen atoms in total. The number of nitrogens with one attached hydrogen (secondary N) is 4. The number of carbonyl (C=O) groups excluding carboxylic acids is 1. The van der Waals surface area contributed by atoms with Crippen LogP contribution in [-0.4, -0.2) is 97.4 Å². The molecule has 5 aliphatic rings. The van der Waals surface area contributed by atoms with E-state index in [0.29, 0.717) is 25.3 Å². The Morgan fingerprint density at radius 3 is 2.73 bits per heavy atom. The molecule has 5 rings (SSSR count). The van der Waals surface area contributed by atoms with Gasteiger partial charge in [-0.1, -0.05) is 18.2 Å². The molecule has 3 fully saturated rings. The zero-order valence-corrected chi connectivity index (χ0v) is 17.0.